The van der Waals surface area contributed by atoms with E-state index in [1.807, 2.05) is 0 Å². The number of aliphatic hydroxyl groups is 1. The maximum absolute atomic E-state index is 13.3. The van der Waals surface area contributed by atoms with E-state index in [0.29, 0.717) is 46.0 Å². The minimum atomic E-state index is -1.07. The van der Waals surface area contributed by atoms with Crippen molar-refractivity contribution in [1.29, 1.82) is 0 Å². The monoisotopic (exact) mass is 442 g/mol. The fraction of sp³-hybridized carbons (Fsp3) is 0.333. The average Bonchev–Trinajstić information content (AvgIpc) is 2.82. The van der Waals surface area contributed by atoms with Crippen molar-refractivity contribution >= 4 is 11.8 Å². The highest BCUT2D eigenvalue weighted by atomic mass is 16.5. The number of methoxy groups -OCH3 is 4. The van der Waals surface area contributed by atoms with E-state index in [9.17, 15) is 14.7 Å². The van der Waals surface area contributed by atoms with Crippen molar-refractivity contribution in [3.63, 3.8) is 0 Å². The van der Waals surface area contributed by atoms with E-state index in [2.05, 4.69) is 0 Å². The summed E-state index contributed by atoms with van der Waals surface area (Å²) in [5.41, 5.74) is 1.44. The van der Waals surface area contributed by atoms with Crippen LogP contribution in [0.2, 0.25) is 0 Å². The third-order valence-electron chi connectivity index (χ3n) is 5.51. The number of hydrogen-bond donors (Lipinski definition) is 1. The molecule has 0 spiro atoms. The summed E-state index contributed by atoms with van der Waals surface area (Å²) < 4.78 is 26.8. The number of carbonyl (C=O) groups is 2. The number of aliphatic hydroxyl groups excluding tert-OH is 1. The van der Waals surface area contributed by atoms with Crippen molar-refractivity contribution < 1.29 is 38.4 Å². The topological polar surface area (TPSA) is 101 Å². The number of carbonyl (C=O) groups excluding carboxylic acids is 2. The summed E-state index contributed by atoms with van der Waals surface area (Å²) in [4.78, 5) is 26.3. The zero-order valence-electron chi connectivity index (χ0n) is 18.6. The summed E-state index contributed by atoms with van der Waals surface area (Å²) in [5.74, 6) is -1.11. The van der Waals surface area contributed by atoms with Gasteiger partial charge in [0.15, 0.2) is 28.8 Å². The van der Waals surface area contributed by atoms with Crippen molar-refractivity contribution in [3.8, 4) is 23.0 Å². The highest BCUT2D eigenvalue weighted by Crippen LogP contribution is 2.48. The number of rotatable bonds is 7. The van der Waals surface area contributed by atoms with E-state index in [-0.39, 0.29) is 12.2 Å². The molecule has 0 amide bonds. The minimum absolute atomic E-state index is 0.0667. The second-order valence-corrected chi connectivity index (χ2v) is 7.03. The van der Waals surface area contributed by atoms with Gasteiger partial charge in [-0.25, -0.2) is 0 Å². The summed E-state index contributed by atoms with van der Waals surface area (Å²) in [6, 6.07) is 8.46. The lowest BCUT2D eigenvalue weighted by molar-refractivity contribution is -0.147. The number of ether oxygens (including phenoxy) is 5. The Morgan fingerprint density at radius 2 is 1.53 bits per heavy atom. The maximum Gasteiger partial charge on any atom is 0.314 e. The van der Waals surface area contributed by atoms with Crippen LogP contribution in [0.15, 0.2) is 42.2 Å². The molecule has 0 saturated carbocycles. The van der Waals surface area contributed by atoms with Crippen LogP contribution < -0.4 is 18.9 Å². The highest BCUT2D eigenvalue weighted by Gasteiger charge is 2.45. The Balaban J connectivity index is 2.34. The molecule has 1 aliphatic rings. The summed E-state index contributed by atoms with van der Waals surface area (Å²) in [5, 5.41) is 9.96. The van der Waals surface area contributed by atoms with Gasteiger partial charge >= 0.3 is 5.97 Å². The molecule has 2 atom stereocenters. The number of hydrogen-bond acceptors (Lipinski definition) is 8. The van der Waals surface area contributed by atoms with Crippen LogP contribution in [0.5, 0.6) is 23.0 Å². The molecule has 170 valence electrons. The molecule has 2 aromatic carbocycles. The van der Waals surface area contributed by atoms with Gasteiger partial charge in [-0.05, 0) is 42.3 Å². The molecule has 0 bridgehead atoms. The van der Waals surface area contributed by atoms with E-state index in [4.69, 9.17) is 23.7 Å². The largest absolute Gasteiger partial charge is 0.515 e. The summed E-state index contributed by atoms with van der Waals surface area (Å²) in [7, 11) is 5.99. The minimum Gasteiger partial charge on any atom is -0.515 e. The molecule has 8 heteroatoms. The Bertz CT molecular complexity index is 1060. The third kappa shape index (κ3) is 3.84. The van der Waals surface area contributed by atoms with Crippen LogP contribution in [-0.4, -0.2) is 51.9 Å². The summed E-state index contributed by atoms with van der Waals surface area (Å²) in [6.45, 7) is 1.80. The van der Waals surface area contributed by atoms with E-state index in [1.54, 1.807) is 37.3 Å². The number of esters is 1. The van der Waals surface area contributed by atoms with Crippen LogP contribution in [0.3, 0.4) is 0 Å². The van der Waals surface area contributed by atoms with Crippen LogP contribution >= 0.6 is 0 Å². The molecule has 3 rings (SSSR count). The second kappa shape index (κ2) is 9.64. The van der Waals surface area contributed by atoms with Crippen LogP contribution in [0.1, 0.15) is 34.3 Å². The Morgan fingerprint density at radius 1 is 0.938 bits per heavy atom. The van der Waals surface area contributed by atoms with Crippen molar-refractivity contribution in [2.45, 2.75) is 12.8 Å². The van der Waals surface area contributed by atoms with Crippen molar-refractivity contribution in [2.75, 3.05) is 35.0 Å². The normalized spacial score (nSPS) is 18.7. The molecule has 2 unspecified atom stereocenters. The predicted molar refractivity (Wildman–Crippen MR) is 116 cm³/mol. The van der Waals surface area contributed by atoms with E-state index in [0.717, 1.165) is 0 Å². The molecule has 0 heterocycles. The van der Waals surface area contributed by atoms with Crippen molar-refractivity contribution in [1.82, 2.24) is 0 Å². The highest BCUT2D eigenvalue weighted by molar-refractivity contribution is 6.14. The van der Waals surface area contributed by atoms with Crippen LogP contribution in [-0.2, 0) is 9.53 Å². The van der Waals surface area contributed by atoms with Gasteiger partial charge in [0.25, 0.3) is 0 Å². The molecule has 0 fully saturated rings. The van der Waals surface area contributed by atoms with Gasteiger partial charge in [0.2, 0.25) is 0 Å². The molecule has 0 aromatic heterocycles. The number of ketones is 1. The number of benzene rings is 2. The van der Waals surface area contributed by atoms with E-state index in [1.165, 1.54) is 28.4 Å². The Morgan fingerprint density at radius 3 is 2.09 bits per heavy atom. The summed E-state index contributed by atoms with van der Waals surface area (Å²) in [6.07, 6.45) is 0.678. The van der Waals surface area contributed by atoms with Gasteiger partial charge < -0.3 is 28.8 Å². The van der Waals surface area contributed by atoms with Gasteiger partial charge in [0, 0.05) is 17.1 Å². The van der Waals surface area contributed by atoms with Gasteiger partial charge in [0.1, 0.15) is 0 Å². The van der Waals surface area contributed by atoms with Gasteiger partial charge in [-0.1, -0.05) is 6.07 Å². The Labute approximate surface area is 186 Å². The molecule has 8 nitrogen and oxygen atoms in total. The fourth-order valence-corrected chi connectivity index (χ4v) is 4.06. The van der Waals surface area contributed by atoms with Gasteiger partial charge in [-0.15, -0.1) is 0 Å². The third-order valence-corrected chi connectivity index (χ3v) is 5.51. The van der Waals surface area contributed by atoms with Crippen molar-refractivity contribution in [2.24, 2.45) is 5.92 Å². The molecule has 0 saturated heterocycles. The molecule has 1 aliphatic carbocycles. The van der Waals surface area contributed by atoms with Crippen molar-refractivity contribution in [3.05, 3.63) is 58.9 Å². The first kappa shape index (κ1) is 23.0. The van der Waals surface area contributed by atoms with Crippen LogP contribution in [0.25, 0.3) is 0 Å². The first-order valence-corrected chi connectivity index (χ1v) is 9.99. The summed E-state index contributed by atoms with van der Waals surface area (Å²) >= 11 is 0. The number of fused-ring (bicyclic) bond motifs is 1. The standard InChI is InChI=1S/C24H26O8/c1-6-32-24(27)22-16(12-25)23(26)15-11-20(31-5)19(30-4)10-14(15)21(22)13-7-8-17(28-2)18(9-13)29-3/h7-12,21-22,25H,6H2,1-5H3/b16-12+. The number of Topliss-reactive ketones (excluding diaryl/α,β-unsaturated/α-hetero) is 1. The molecule has 1 N–H and O–H groups in total. The van der Waals surface area contributed by atoms with Crippen LogP contribution in [0.4, 0.5) is 0 Å². The molecule has 0 aliphatic heterocycles. The molecule has 0 radical (unpaired) electrons. The predicted octanol–water partition coefficient (Wildman–Crippen LogP) is 3.67. The Hall–Kier alpha value is -3.68. The first-order valence-electron chi connectivity index (χ1n) is 9.99. The van der Waals surface area contributed by atoms with Crippen LogP contribution in [0, 0.1) is 5.92 Å². The zero-order valence-corrected chi connectivity index (χ0v) is 18.6. The lowest BCUT2D eigenvalue weighted by atomic mass is 9.68. The van der Waals surface area contributed by atoms with Gasteiger partial charge in [0.05, 0.1) is 47.2 Å². The lowest BCUT2D eigenvalue weighted by Crippen LogP contribution is -2.35. The molecule has 2 aromatic rings. The van der Waals surface area contributed by atoms with Gasteiger partial charge in [-0.2, -0.15) is 0 Å². The maximum atomic E-state index is 13.3. The molecular weight excluding hydrogens is 416 g/mol. The second-order valence-electron chi connectivity index (χ2n) is 7.03. The first-order chi connectivity index (χ1) is 15.4. The van der Waals surface area contributed by atoms with Gasteiger partial charge in [-0.3, -0.25) is 9.59 Å². The smallest absolute Gasteiger partial charge is 0.314 e. The fourth-order valence-electron chi connectivity index (χ4n) is 4.06. The Kier molecular flexibility index (Phi) is 6.92. The molecular formula is C24H26O8. The quantitative estimate of drug-likeness (QED) is 0.394. The SMILES string of the molecule is CCOC(=O)C1/C(=C\O)C(=O)c2cc(OC)c(OC)cc2C1c1ccc(OC)c(OC)c1. The average molecular weight is 442 g/mol. The van der Waals surface area contributed by atoms with E-state index < -0.39 is 23.6 Å². The zero-order chi connectivity index (χ0) is 23.4. The van der Waals surface area contributed by atoms with E-state index >= 15 is 0 Å². The molecule has 32 heavy (non-hydrogen) atoms. The lowest BCUT2D eigenvalue weighted by Gasteiger charge is -2.34.